The molecule has 0 aromatic rings. The number of ether oxygens (including phenoxy) is 3. The van der Waals surface area contributed by atoms with Crippen LogP contribution in [0.2, 0.25) is 18.1 Å². The molecule has 0 N–H and O–H groups in total. The molecule has 8 heteroatoms. The largest absolute Gasteiger partial charge is 0.444 e. The zero-order valence-electron chi connectivity index (χ0n) is 26.5. The van der Waals surface area contributed by atoms with Crippen molar-refractivity contribution in [3.63, 3.8) is 0 Å². The van der Waals surface area contributed by atoms with Crippen molar-refractivity contribution in [3.8, 4) is 0 Å². The second kappa shape index (κ2) is 9.53. The summed E-state index contributed by atoms with van der Waals surface area (Å²) in [6, 6.07) is 0. The van der Waals surface area contributed by atoms with Gasteiger partial charge in [-0.3, -0.25) is 0 Å². The number of amides is 1. The van der Waals surface area contributed by atoms with Crippen LogP contribution in [-0.2, 0) is 18.6 Å². The number of nitrogens with zero attached hydrogens (tertiary/aromatic N) is 1. The third-order valence-electron chi connectivity index (χ3n) is 10.6. The number of fused-ring (bicyclic) bond motifs is 1. The molecule has 40 heavy (non-hydrogen) atoms. The van der Waals surface area contributed by atoms with E-state index < -0.39 is 30.5 Å². The Morgan fingerprint density at radius 3 is 2.52 bits per heavy atom. The molecule has 3 heterocycles. The molecule has 5 rings (SSSR count). The first kappa shape index (κ1) is 30.5. The summed E-state index contributed by atoms with van der Waals surface area (Å²) >= 11 is 3.89. The number of hydrogen-bond acceptors (Lipinski definition) is 5. The minimum absolute atomic E-state index is 0.0728. The monoisotopic (exact) mass is 635 g/mol. The molecule has 0 aromatic heterocycles. The van der Waals surface area contributed by atoms with Crippen LogP contribution in [0.5, 0.6) is 0 Å². The smallest absolute Gasteiger partial charge is 0.410 e. The topological polar surface area (TPSA) is 57.2 Å². The highest BCUT2D eigenvalue weighted by Crippen LogP contribution is 2.71. The fourth-order valence-electron chi connectivity index (χ4n) is 8.03. The second-order valence-electron chi connectivity index (χ2n) is 15.2. The van der Waals surface area contributed by atoms with Gasteiger partial charge < -0.3 is 23.5 Å². The summed E-state index contributed by atoms with van der Waals surface area (Å²) in [5, 5.41) is 0.0929. The van der Waals surface area contributed by atoms with Crippen LogP contribution >= 0.6 is 15.9 Å². The summed E-state index contributed by atoms with van der Waals surface area (Å²) in [6.07, 6.45) is 6.82. The van der Waals surface area contributed by atoms with Crippen LogP contribution in [0.1, 0.15) is 81.6 Å². The van der Waals surface area contributed by atoms with Crippen LogP contribution < -0.4 is 0 Å². The summed E-state index contributed by atoms with van der Waals surface area (Å²) in [4.78, 5) is 15.5. The van der Waals surface area contributed by atoms with Crippen LogP contribution in [-0.4, -0.2) is 68.0 Å². The van der Waals surface area contributed by atoms with E-state index in [1.165, 1.54) is 21.2 Å². The average molecular weight is 637 g/mol. The number of carbonyl (C=O) groups is 1. The Morgan fingerprint density at radius 1 is 1.25 bits per heavy atom. The van der Waals surface area contributed by atoms with E-state index in [0.29, 0.717) is 19.7 Å². The predicted molar refractivity (Wildman–Crippen MR) is 165 cm³/mol. The van der Waals surface area contributed by atoms with Gasteiger partial charge in [-0.1, -0.05) is 56.6 Å². The minimum atomic E-state index is -2.06. The van der Waals surface area contributed by atoms with Crippen LogP contribution in [0.4, 0.5) is 4.79 Å². The van der Waals surface area contributed by atoms with Crippen molar-refractivity contribution in [3.05, 3.63) is 33.4 Å². The highest BCUT2D eigenvalue weighted by molar-refractivity contribution is 9.11. The van der Waals surface area contributed by atoms with E-state index in [0.717, 1.165) is 19.3 Å². The van der Waals surface area contributed by atoms with Gasteiger partial charge >= 0.3 is 6.09 Å². The fourth-order valence-corrected chi connectivity index (χ4v) is 10.2. The number of hydrogen-bond donors (Lipinski definition) is 0. The van der Waals surface area contributed by atoms with Crippen LogP contribution in [0, 0.1) is 11.3 Å². The first-order valence-corrected chi connectivity index (χ1v) is 18.9. The van der Waals surface area contributed by atoms with Crippen molar-refractivity contribution < 1.29 is 23.4 Å². The zero-order valence-corrected chi connectivity index (χ0v) is 29.1. The van der Waals surface area contributed by atoms with Crippen molar-refractivity contribution in [1.29, 1.82) is 0 Å². The molecular weight excluding hydrogens is 586 g/mol. The van der Waals surface area contributed by atoms with Crippen LogP contribution in [0.15, 0.2) is 33.4 Å². The molecule has 0 unspecified atom stereocenters. The van der Waals surface area contributed by atoms with Crippen molar-refractivity contribution in [1.82, 2.24) is 4.90 Å². The van der Waals surface area contributed by atoms with Gasteiger partial charge in [-0.25, -0.2) is 4.79 Å². The Bertz CT molecular complexity index is 1180. The third kappa shape index (κ3) is 4.21. The van der Waals surface area contributed by atoms with Crippen molar-refractivity contribution >= 4 is 30.3 Å². The molecule has 1 amide bonds. The molecule has 0 radical (unpaired) electrons. The first-order valence-electron chi connectivity index (χ1n) is 15.1. The average Bonchev–Trinajstić information content (AvgIpc) is 3.40. The molecule has 2 fully saturated rings. The molecule has 224 valence electrons. The lowest BCUT2D eigenvalue weighted by Crippen LogP contribution is -2.65. The van der Waals surface area contributed by atoms with E-state index in [1.54, 1.807) is 0 Å². The summed E-state index contributed by atoms with van der Waals surface area (Å²) in [5.41, 5.74) is 1.85. The number of halogens is 1. The Balaban J connectivity index is 1.62. The van der Waals surface area contributed by atoms with Gasteiger partial charge in [0.2, 0.25) is 0 Å². The van der Waals surface area contributed by atoms with Gasteiger partial charge in [0.1, 0.15) is 22.9 Å². The van der Waals surface area contributed by atoms with E-state index >= 15 is 0 Å². The van der Waals surface area contributed by atoms with Gasteiger partial charge in [0.15, 0.2) is 8.32 Å². The quantitative estimate of drug-likeness (QED) is 0.232. The molecule has 0 aromatic carbocycles. The normalized spacial score (nSPS) is 36.5. The summed E-state index contributed by atoms with van der Waals surface area (Å²) in [6.45, 7) is 25.6. The van der Waals surface area contributed by atoms with Gasteiger partial charge in [-0.05, 0) is 93.8 Å². The Kier molecular flexibility index (Phi) is 7.27. The Hall–Kier alpha value is -0.933. The lowest BCUT2D eigenvalue weighted by molar-refractivity contribution is -0.143. The highest BCUT2D eigenvalue weighted by atomic mass is 79.9. The molecular formula is C32H50BrNO5Si. The molecule has 2 bridgehead atoms. The van der Waals surface area contributed by atoms with Crippen LogP contribution in [0.3, 0.4) is 0 Å². The van der Waals surface area contributed by atoms with E-state index in [1.807, 2.05) is 25.7 Å². The predicted octanol–water partition coefficient (Wildman–Crippen LogP) is 7.90. The molecule has 6 nitrogen and oxygen atoms in total. The molecule has 6 atom stereocenters. The van der Waals surface area contributed by atoms with Crippen LogP contribution in [0.25, 0.3) is 0 Å². The standard InChI is InChI=1S/C32H50BrNO5Si/c1-12-22-26(33)24-17-25-31-14-13-23(21(3)39-40(10,11)29(7,8)9)30(31,18-20(2)32(22,25)37-24)19-34(15-16-36-31)27(35)38-28(4,5)6/h13,17,20-21,24H,12,14-16,18-19H2,1-11H3/t20-,21-,24+,30+,31+,32+/m1/s1. The van der Waals surface area contributed by atoms with Crippen molar-refractivity contribution in [2.45, 2.75) is 129 Å². The maximum absolute atomic E-state index is 13.6. The van der Waals surface area contributed by atoms with Gasteiger partial charge in [-0.15, -0.1) is 0 Å². The van der Waals surface area contributed by atoms with Crippen molar-refractivity contribution in [2.75, 3.05) is 19.7 Å². The molecule has 1 spiro atoms. The maximum atomic E-state index is 13.6. The van der Waals surface area contributed by atoms with E-state index in [4.69, 9.17) is 18.6 Å². The molecule has 2 aliphatic carbocycles. The van der Waals surface area contributed by atoms with Gasteiger partial charge in [0, 0.05) is 23.0 Å². The summed E-state index contributed by atoms with van der Waals surface area (Å²) in [7, 11) is -2.06. The number of rotatable bonds is 4. The van der Waals surface area contributed by atoms with Crippen molar-refractivity contribution in [2.24, 2.45) is 11.3 Å². The molecule has 1 saturated heterocycles. The van der Waals surface area contributed by atoms with Gasteiger partial charge in [-0.2, -0.15) is 0 Å². The Morgan fingerprint density at radius 2 is 1.93 bits per heavy atom. The maximum Gasteiger partial charge on any atom is 0.410 e. The summed E-state index contributed by atoms with van der Waals surface area (Å²) < 4.78 is 28.2. The van der Waals surface area contributed by atoms with E-state index in [9.17, 15) is 4.79 Å². The zero-order chi connectivity index (χ0) is 29.7. The Labute approximate surface area is 251 Å². The van der Waals surface area contributed by atoms with Gasteiger partial charge in [0.05, 0.1) is 12.7 Å². The minimum Gasteiger partial charge on any atom is -0.444 e. The lowest BCUT2D eigenvalue weighted by Gasteiger charge is -2.59. The van der Waals surface area contributed by atoms with Gasteiger partial charge in [0.25, 0.3) is 0 Å². The molecule has 3 aliphatic heterocycles. The second-order valence-corrected chi connectivity index (χ2v) is 20.8. The molecule has 1 saturated carbocycles. The fraction of sp³-hybridized carbons (Fsp3) is 0.781. The first-order chi connectivity index (χ1) is 18.4. The number of carbonyl (C=O) groups excluding carboxylic acids is 1. The highest BCUT2D eigenvalue weighted by Gasteiger charge is 2.74. The lowest BCUT2D eigenvalue weighted by atomic mass is 9.50. The SMILES string of the molecule is CCC1=C(Br)[C@@H]2C=C3[C@]1(O2)[C@H](C)C[C@@]12CN(C(=O)OC(C)(C)C)CCO[C@@]31CC=C2[C@@H](C)O[Si](C)(C)C(C)(C)C. The third-order valence-corrected chi connectivity index (χ3v) is 16.1. The summed E-state index contributed by atoms with van der Waals surface area (Å²) in [5.74, 6) is 0.200. The van der Waals surface area contributed by atoms with E-state index in [-0.39, 0.29) is 29.3 Å². The molecule has 5 aliphatic rings. The van der Waals surface area contributed by atoms with E-state index in [2.05, 4.69) is 82.7 Å².